The van der Waals surface area contributed by atoms with E-state index in [-0.39, 0.29) is 5.56 Å². The van der Waals surface area contributed by atoms with Gasteiger partial charge in [-0.15, -0.1) is 0 Å². The molecule has 0 unspecified atom stereocenters. The Hall–Kier alpha value is -2.49. The largest absolute Gasteiger partial charge is 0.467 e. The number of ether oxygens (including phenoxy) is 1. The molecule has 1 rings (SSSR count). The smallest absolute Gasteiger partial charge is 0.328 e. The fourth-order valence-corrected chi connectivity index (χ4v) is 2.05. The third-order valence-electron chi connectivity index (χ3n) is 3.25. The van der Waals surface area contributed by atoms with Gasteiger partial charge in [-0.1, -0.05) is 6.07 Å². The van der Waals surface area contributed by atoms with Gasteiger partial charge in [0.1, 0.15) is 17.7 Å². The Morgan fingerprint density at radius 1 is 1.30 bits per heavy atom. The number of benzene rings is 1. The van der Waals surface area contributed by atoms with Crippen LogP contribution in [0, 0.1) is 23.0 Å². The van der Waals surface area contributed by atoms with Gasteiger partial charge in [0, 0.05) is 12.0 Å². The first-order valence-corrected chi connectivity index (χ1v) is 7.16. The SMILES string of the molecule is COC(=O)[C@@H](CCCCC#N)NC(=O)Cc1c(F)cccc1F. The lowest BCUT2D eigenvalue weighted by molar-refractivity contribution is -0.145. The first kappa shape index (κ1) is 18.6. The number of amides is 1. The molecule has 0 bridgehead atoms. The highest BCUT2D eigenvalue weighted by molar-refractivity contribution is 5.85. The lowest BCUT2D eigenvalue weighted by Crippen LogP contribution is -2.42. The second kappa shape index (κ2) is 9.51. The van der Waals surface area contributed by atoms with Gasteiger partial charge in [0.2, 0.25) is 5.91 Å². The molecule has 0 saturated carbocycles. The quantitative estimate of drug-likeness (QED) is 0.587. The monoisotopic (exact) mass is 324 g/mol. The summed E-state index contributed by atoms with van der Waals surface area (Å²) in [5.41, 5.74) is -0.349. The van der Waals surface area contributed by atoms with Crippen molar-refractivity contribution >= 4 is 11.9 Å². The molecule has 0 fully saturated rings. The number of rotatable bonds is 8. The number of nitriles is 1. The van der Waals surface area contributed by atoms with Crippen LogP contribution in [0.1, 0.15) is 31.2 Å². The molecule has 1 amide bonds. The molecule has 0 aromatic heterocycles. The molecule has 0 aliphatic heterocycles. The maximum absolute atomic E-state index is 13.5. The number of carbonyl (C=O) groups excluding carboxylic acids is 2. The number of methoxy groups -OCH3 is 1. The van der Waals surface area contributed by atoms with Crippen LogP contribution in [-0.4, -0.2) is 25.0 Å². The van der Waals surface area contributed by atoms with Crippen LogP contribution in [0.25, 0.3) is 0 Å². The second-order valence-electron chi connectivity index (χ2n) is 4.92. The molecule has 1 atom stereocenters. The number of hydrogen-bond donors (Lipinski definition) is 1. The van der Waals surface area contributed by atoms with E-state index in [1.165, 1.54) is 13.2 Å². The molecule has 0 radical (unpaired) electrons. The molecule has 1 aromatic rings. The zero-order valence-corrected chi connectivity index (χ0v) is 12.8. The average Bonchev–Trinajstić information content (AvgIpc) is 2.53. The highest BCUT2D eigenvalue weighted by atomic mass is 19.1. The topological polar surface area (TPSA) is 79.2 Å². The minimum absolute atomic E-state index is 0.292. The summed E-state index contributed by atoms with van der Waals surface area (Å²) in [6.07, 6.45) is 1.26. The van der Waals surface area contributed by atoms with Gasteiger partial charge in [-0.3, -0.25) is 4.79 Å². The third kappa shape index (κ3) is 6.02. The van der Waals surface area contributed by atoms with Crippen LogP contribution in [0.15, 0.2) is 18.2 Å². The molecule has 0 saturated heterocycles. The summed E-state index contributed by atoms with van der Waals surface area (Å²) in [5.74, 6) is -2.94. The number of nitrogens with one attached hydrogen (secondary N) is 1. The number of halogens is 2. The van der Waals surface area contributed by atoms with E-state index in [4.69, 9.17) is 5.26 Å². The van der Waals surface area contributed by atoms with Crippen molar-refractivity contribution in [3.05, 3.63) is 35.4 Å². The van der Waals surface area contributed by atoms with Crippen LogP contribution in [0.2, 0.25) is 0 Å². The summed E-state index contributed by atoms with van der Waals surface area (Å²) >= 11 is 0. The number of nitrogens with zero attached hydrogens (tertiary/aromatic N) is 1. The highest BCUT2D eigenvalue weighted by Gasteiger charge is 2.22. The van der Waals surface area contributed by atoms with E-state index in [1.807, 2.05) is 6.07 Å². The van der Waals surface area contributed by atoms with Gasteiger partial charge >= 0.3 is 5.97 Å². The van der Waals surface area contributed by atoms with Gasteiger partial charge in [0.25, 0.3) is 0 Å². The van der Waals surface area contributed by atoms with Crippen LogP contribution >= 0.6 is 0 Å². The van der Waals surface area contributed by atoms with Gasteiger partial charge in [-0.2, -0.15) is 5.26 Å². The Balaban J connectivity index is 2.66. The first-order chi connectivity index (χ1) is 11.0. The molecule has 1 aromatic carbocycles. The van der Waals surface area contributed by atoms with Crippen molar-refractivity contribution in [1.29, 1.82) is 5.26 Å². The lowest BCUT2D eigenvalue weighted by atomic mass is 10.1. The van der Waals surface area contributed by atoms with E-state index in [0.29, 0.717) is 25.7 Å². The van der Waals surface area contributed by atoms with E-state index in [9.17, 15) is 18.4 Å². The molecule has 0 heterocycles. The molecule has 5 nitrogen and oxygen atoms in total. The maximum atomic E-state index is 13.5. The molecule has 0 aliphatic rings. The van der Waals surface area contributed by atoms with Gasteiger partial charge in [0.15, 0.2) is 0 Å². The summed E-state index contributed by atoms with van der Waals surface area (Å²) in [6, 6.07) is 4.41. The maximum Gasteiger partial charge on any atom is 0.328 e. The van der Waals surface area contributed by atoms with Crippen molar-refractivity contribution in [1.82, 2.24) is 5.32 Å². The lowest BCUT2D eigenvalue weighted by Gasteiger charge is -2.16. The molecule has 124 valence electrons. The predicted molar refractivity (Wildman–Crippen MR) is 78.1 cm³/mol. The van der Waals surface area contributed by atoms with E-state index in [2.05, 4.69) is 10.1 Å². The minimum atomic E-state index is -0.902. The summed E-state index contributed by atoms with van der Waals surface area (Å²) in [7, 11) is 1.19. The van der Waals surface area contributed by atoms with E-state index < -0.39 is 36.0 Å². The van der Waals surface area contributed by atoms with Gasteiger partial charge < -0.3 is 10.1 Å². The number of esters is 1. The number of carbonyl (C=O) groups is 2. The zero-order valence-electron chi connectivity index (χ0n) is 12.8. The van der Waals surface area contributed by atoms with E-state index >= 15 is 0 Å². The molecule has 0 aliphatic carbocycles. The van der Waals surface area contributed by atoms with E-state index in [0.717, 1.165) is 12.1 Å². The Morgan fingerprint density at radius 2 is 1.96 bits per heavy atom. The fraction of sp³-hybridized carbons (Fsp3) is 0.438. The van der Waals surface area contributed by atoms with Crippen molar-refractivity contribution < 1.29 is 23.1 Å². The summed E-state index contributed by atoms with van der Waals surface area (Å²) in [5, 5.41) is 10.9. The number of hydrogen-bond acceptors (Lipinski definition) is 4. The molecular weight excluding hydrogens is 306 g/mol. The fourth-order valence-electron chi connectivity index (χ4n) is 2.05. The molecule has 1 N–H and O–H groups in total. The molecule has 7 heteroatoms. The van der Waals surface area contributed by atoms with Gasteiger partial charge in [-0.05, 0) is 31.4 Å². The summed E-state index contributed by atoms with van der Waals surface area (Å²) in [6.45, 7) is 0. The van der Waals surface area contributed by atoms with Crippen LogP contribution in [0.4, 0.5) is 8.78 Å². The average molecular weight is 324 g/mol. The first-order valence-electron chi connectivity index (χ1n) is 7.16. The molecular formula is C16H18F2N2O3. The van der Waals surface area contributed by atoms with Gasteiger partial charge in [-0.25, -0.2) is 13.6 Å². The Kier molecular flexibility index (Phi) is 7.67. The zero-order chi connectivity index (χ0) is 17.2. The van der Waals surface area contributed by atoms with Crippen molar-refractivity contribution in [3.63, 3.8) is 0 Å². The van der Waals surface area contributed by atoms with Crippen molar-refractivity contribution in [2.45, 2.75) is 38.1 Å². The molecule has 23 heavy (non-hydrogen) atoms. The Morgan fingerprint density at radius 3 is 2.52 bits per heavy atom. The summed E-state index contributed by atoms with van der Waals surface area (Å²) in [4.78, 5) is 23.6. The predicted octanol–water partition coefficient (Wildman–Crippen LogP) is 2.25. The third-order valence-corrected chi connectivity index (χ3v) is 3.25. The molecule has 0 spiro atoms. The van der Waals surface area contributed by atoms with Gasteiger partial charge in [0.05, 0.1) is 19.6 Å². The normalized spacial score (nSPS) is 11.4. The van der Waals surface area contributed by atoms with Crippen molar-refractivity contribution in [2.75, 3.05) is 7.11 Å². The second-order valence-corrected chi connectivity index (χ2v) is 4.92. The minimum Gasteiger partial charge on any atom is -0.467 e. The Labute approximate surface area is 133 Å². The Bertz CT molecular complexity index is 579. The standard InChI is InChI=1S/C16H18F2N2O3/c1-23-16(22)14(8-3-2-4-9-19)20-15(21)10-11-12(17)6-5-7-13(11)18/h5-7,14H,2-4,8,10H2,1H3,(H,20,21)/t14-/m1/s1. The van der Waals surface area contributed by atoms with E-state index in [1.54, 1.807) is 0 Å². The van der Waals surface area contributed by atoms with Crippen molar-refractivity contribution in [2.24, 2.45) is 0 Å². The summed E-state index contributed by atoms with van der Waals surface area (Å²) < 4.78 is 31.6. The van der Waals surface area contributed by atoms with Crippen LogP contribution in [-0.2, 0) is 20.7 Å². The van der Waals surface area contributed by atoms with Crippen molar-refractivity contribution in [3.8, 4) is 6.07 Å². The van der Waals surface area contributed by atoms with Crippen LogP contribution < -0.4 is 5.32 Å². The highest BCUT2D eigenvalue weighted by Crippen LogP contribution is 2.13. The van der Waals surface area contributed by atoms with Crippen LogP contribution in [0.3, 0.4) is 0 Å². The number of unbranched alkanes of at least 4 members (excludes halogenated alkanes) is 2. The van der Waals surface area contributed by atoms with Crippen LogP contribution in [0.5, 0.6) is 0 Å².